The number of β-lactam (4-membered cyclic amide) rings is 1. The lowest BCUT2D eigenvalue weighted by atomic mass is 9.76. The van der Waals surface area contributed by atoms with Gasteiger partial charge in [-0.05, 0) is 6.92 Å². The normalized spacial score (nSPS) is 25.9. The predicted octanol–water partition coefficient (Wildman–Crippen LogP) is 0.651. The average molecular weight is 265 g/mol. The first kappa shape index (κ1) is 13.7. The van der Waals surface area contributed by atoms with Crippen LogP contribution in [0, 0.1) is 11.8 Å². The molecule has 2 heterocycles. The largest absolute Gasteiger partial charge is 0.381 e. The van der Waals surface area contributed by atoms with Crippen LogP contribution in [-0.2, 0) is 9.53 Å². The number of aromatic nitrogens is 2. The molecule has 0 radical (unpaired) electrons. The van der Waals surface area contributed by atoms with Crippen LogP contribution in [-0.4, -0.2) is 52.6 Å². The number of methoxy groups -OCH3 is 1. The van der Waals surface area contributed by atoms with E-state index in [2.05, 4.69) is 4.98 Å². The van der Waals surface area contributed by atoms with E-state index < -0.39 is 0 Å². The van der Waals surface area contributed by atoms with Crippen molar-refractivity contribution in [3.8, 4) is 0 Å². The summed E-state index contributed by atoms with van der Waals surface area (Å²) in [5.74, 6) is -0.572. The fourth-order valence-electron chi connectivity index (χ4n) is 2.73. The Morgan fingerprint density at radius 2 is 2.16 bits per heavy atom. The first-order valence-corrected chi connectivity index (χ1v) is 6.30. The molecule has 104 valence electrons. The Morgan fingerprint density at radius 3 is 2.68 bits per heavy atom. The zero-order chi connectivity index (χ0) is 14.2. The minimum absolute atomic E-state index is 0.0321. The van der Waals surface area contributed by atoms with Gasteiger partial charge in [-0.2, -0.15) is 0 Å². The minimum atomic E-state index is -0.292. The van der Waals surface area contributed by atoms with Crippen LogP contribution >= 0.6 is 0 Å². The van der Waals surface area contributed by atoms with Gasteiger partial charge in [-0.3, -0.25) is 14.2 Å². The highest BCUT2D eigenvalue weighted by Crippen LogP contribution is 2.34. The maximum atomic E-state index is 12.3. The Kier molecular flexibility index (Phi) is 3.71. The van der Waals surface area contributed by atoms with Gasteiger partial charge in [0.1, 0.15) is 6.33 Å². The Hall–Kier alpha value is -1.69. The van der Waals surface area contributed by atoms with Crippen LogP contribution in [0.4, 0.5) is 0 Å². The smallest absolute Gasteiger partial charge is 0.236 e. The van der Waals surface area contributed by atoms with Gasteiger partial charge in [-0.15, -0.1) is 0 Å². The summed E-state index contributed by atoms with van der Waals surface area (Å²) in [6, 6.07) is -0.127. The van der Waals surface area contributed by atoms with Gasteiger partial charge < -0.3 is 9.64 Å². The number of nitrogens with zero attached hydrogens (tertiary/aromatic N) is 3. The number of rotatable bonds is 4. The van der Waals surface area contributed by atoms with Crippen molar-refractivity contribution in [2.75, 3.05) is 14.2 Å². The van der Waals surface area contributed by atoms with Crippen molar-refractivity contribution in [3.63, 3.8) is 0 Å². The summed E-state index contributed by atoms with van der Waals surface area (Å²) >= 11 is 0. The first-order valence-electron chi connectivity index (χ1n) is 6.30. The molecular weight excluding hydrogens is 246 g/mol. The third kappa shape index (κ3) is 2.16. The van der Waals surface area contributed by atoms with E-state index in [1.807, 2.05) is 13.8 Å². The molecule has 2 rings (SSSR count). The summed E-state index contributed by atoms with van der Waals surface area (Å²) in [6.45, 7) is 3.70. The standard InChI is InChI=1S/C13H19N3O3/c1-8(12(17)16-6-5-14-7-16)11-10(9(2)19-4)13(18)15(11)3/h5-11H,1-4H3. The van der Waals surface area contributed by atoms with Crippen LogP contribution in [0.3, 0.4) is 0 Å². The third-order valence-electron chi connectivity index (χ3n) is 3.99. The lowest BCUT2D eigenvalue weighted by Crippen LogP contribution is -2.66. The van der Waals surface area contributed by atoms with Crippen molar-refractivity contribution in [2.24, 2.45) is 11.8 Å². The second-order valence-corrected chi connectivity index (χ2v) is 5.00. The van der Waals surface area contributed by atoms with Gasteiger partial charge in [0.05, 0.1) is 24.0 Å². The summed E-state index contributed by atoms with van der Waals surface area (Å²) in [5, 5.41) is 0. The minimum Gasteiger partial charge on any atom is -0.381 e. The average Bonchev–Trinajstić information content (AvgIpc) is 2.95. The number of amides is 1. The van der Waals surface area contributed by atoms with E-state index in [9.17, 15) is 9.59 Å². The lowest BCUT2D eigenvalue weighted by molar-refractivity contribution is -0.165. The van der Waals surface area contributed by atoms with Crippen molar-refractivity contribution in [2.45, 2.75) is 26.0 Å². The molecule has 1 saturated heterocycles. The van der Waals surface area contributed by atoms with Crippen LogP contribution in [0.15, 0.2) is 18.7 Å². The fraction of sp³-hybridized carbons (Fsp3) is 0.615. The van der Waals surface area contributed by atoms with Crippen molar-refractivity contribution in [1.82, 2.24) is 14.5 Å². The number of hydrogen-bond donors (Lipinski definition) is 0. The van der Waals surface area contributed by atoms with Gasteiger partial charge in [0.2, 0.25) is 11.8 Å². The molecule has 19 heavy (non-hydrogen) atoms. The molecule has 0 spiro atoms. The molecule has 0 N–H and O–H groups in total. The number of hydrogen-bond acceptors (Lipinski definition) is 4. The maximum absolute atomic E-state index is 12.3. The molecule has 1 aromatic rings. The number of ether oxygens (including phenoxy) is 1. The van der Waals surface area contributed by atoms with Gasteiger partial charge >= 0.3 is 0 Å². The molecule has 4 unspecified atom stereocenters. The zero-order valence-corrected chi connectivity index (χ0v) is 11.6. The van der Waals surface area contributed by atoms with Crippen LogP contribution < -0.4 is 0 Å². The monoisotopic (exact) mass is 265 g/mol. The molecule has 0 aromatic carbocycles. The van der Waals surface area contributed by atoms with Gasteiger partial charge in [-0.25, -0.2) is 4.98 Å². The number of carbonyl (C=O) groups is 2. The molecule has 1 fully saturated rings. The molecule has 1 amide bonds. The lowest BCUT2D eigenvalue weighted by Gasteiger charge is -2.49. The predicted molar refractivity (Wildman–Crippen MR) is 68.5 cm³/mol. The quantitative estimate of drug-likeness (QED) is 0.750. The van der Waals surface area contributed by atoms with E-state index >= 15 is 0 Å². The topological polar surface area (TPSA) is 64.4 Å². The van der Waals surface area contributed by atoms with Gasteiger partial charge in [0.25, 0.3) is 0 Å². The summed E-state index contributed by atoms with van der Waals surface area (Å²) < 4.78 is 6.70. The summed E-state index contributed by atoms with van der Waals surface area (Å²) in [7, 11) is 3.30. The Balaban J connectivity index is 2.16. The third-order valence-corrected chi connectivity index (χ3v) is 3.99. The molecule has 0 bridgehead atoms. The zero-order valence-electron chi connectivity index (χ0n) is 11.6. The number of likely N-dealkylation sites (tertiary alicyclic amines) is 1. The van der Waals surface area contributed by atoms with Gasteiger partial charge in [0.15, 0.2) is 0 Å². The summed E-state index contributed by atoms with van der Waals surface area (Å²) in [5.41, 5.74) is 0. The van der Waals surface area contributed by atoms with E-state index in [4.69, 9.17) is 4.74 Å². The summed E-state index contributed by atoms with van der Waals surface area (Å²) in [6.07, 6.45) is 4.48. The highest BCUT2D eigenvalue weighted by molar-refractivity contribution is 5.90. The maximum Gasteiger partial charge on any atom is 0.236 e. The Labute approximate surface area is 112 Å². The number of imidazole rings is 1. The van der Waals surface area contributed by atoms with E-state index in [1.54, 1.807) is 31.5 Å². The van der Waals surface area contributed by atoms with Crippen LogP contribution in [0.25, 0.3) is 0 Å². The molecule has 4 atom stereocenters. The second kappa shape index (κ2) is 5.13. The summed E-state index contributed by atoms with van der Waals surface area (Å²) in [4.78, 5) is 29.7. The van der Waals surface area contributed by atoms with Crippen molar-refractivity contribution < 1.29 is 14.3 Å². The van der Waals surface area contributed by atoms with Crippen molar-refractivity contribution in [1.29, 1.82) is 0 Å². The highest BCUT2D eigenvalue weighted by atomic mass is 16.5. The van der Waals surface area contributed by atoms with Crippen LogP contribution in [0.1, 0.15) is 18.6 Å². The molecular formula is C13H19N3O3. The first-order chi connectivity index (χ1) is 8.99. The SMILES string of the molecule is COC(C)C1C(=O)N(C)C1C(C)C(=O)n1ccnc1. The van der Waals surface area contributed by atoms with E-state index in [0.717, 1.165) is 0 Å². The highest BCUT2D eigenvalue weighted by Gasteiger charge is 2.52. The van der Waals surface area contributed by atoms with E-state index in [0.29, 0.717) is 0 Å². The molecule has 6 nitrogen and oxygen atoms in total. The van der Waals surface area contributed by atoms with Gasteiger partial charge in [0, 0.05) is 26.6 Å². The van der Waals surface area contributed by atoms with Gasteiger partial charge in [-0.1, -0.05) is 6.92 Å². The number of carbonyl (C=O) groups excluding carboxylic acids is 2. The van der Waals surface area contributed by atoms with Crippen LogP contribution in [0.2, 0.25) is 0 Å². The van der Waals surface area contributed by atoms with Crippen molar-refractivity contribution in [3.05, 3.63) is 18.7 Å². The second-order valence-electron chi connectivity index (χ2n) is 5.00. The van der Waals surface area contributed by atoms with Crippen LogP contribution in [0.5, 0.6) is 0 Å². The van der Waals surface area contributed by atoms with E-state index in [-0.39, 0.29) is 35.8 Å². The molecule has 6 heteroatoms. The Morgan fingerprint density at radius 1 is 1.47 bits per heavy atom. The molecule has 1 aromatic heterocycles. The molecule has 0 saturated carbocycles. The molecule has 1 aliphatic rings. The molecule has 0 aliphatic carbocycles. The fourth-order valence-corrected chi connectivity index (χ4v) is 2.73. The molecule has 1 aliphatic heterocycles. The van der Waals surface area contributed by atoms with E-state index in [1.165, 1.54) is 10.9 Å². The Bertz CT molecular complexity index is 471. The van der Waals surface area contributed by atoms with Crippen molar-refractivity contribution >= 4 is 11.8 Å².